The molecule has 0 fully saturated rings. The van der Waals surface area contributed by atoms with Crippen LogP contribution in [0, 0.1) is 0 Å². The molecule has 0 saturated heterocycles. The third-order valence-electron chi connectivity index (χ3n) is 2.78. The number of methoxy groups -OCH3 is 1. The molecule has 0 saturated carbocycles. The average molecular weight is 306 g/mol. The zero-order valence-electron chi connectivity index (χ0n) is 12.0. The number of pyridine rings is 1. The van der Waals surface area contributed by atoms with Crippen LogP contribution in [0.4, 0.5) is 10.7 Å². The van der Waals surface area contributed by atoms with Crippen molar-refractivity contribution in [3.05, 3.63) is 34.8 Å². The zero-order valence-corrected chi connectivity index (χ0v) is 12.8. The second-order valence-corrected chi connectivity index (χ2v) is 5.37. The number of hydrogen-bond acceptors (Lipinski definition) is 6. The summed E-state index contributed by atoms with van der Waals surface area (Å²) in [4.78, 5) is 16.5. The van der Waals surface area contributed by atoms with Crippen molar-refractivity contribution < 1.29 is 9.53 Å². The molecule has 0 bridgehead atoms. The first-order valence-corrected chi connectivity index (χ1v) is 7.36. The highest BCUT2D eigenvalue weighted by atomic mass is 32.1. The highest BCUT2D eigenvalue weighted by molar-refractivity contribution is 7.18. The lowest BCUT2D eigenvalue weighted by atomic mass is 10.3. The van der Waals surface area contributed by atoms with Crippen molar-refractivity contribution in [3.8, 4) is 5.88 Å². The Balaban J connectivity index is 1.99. The molecule has 0 aromatic carbocycles. The van der Waals surface area contributed by atoms with Gasteiger partial charge < -0.3 is 21.1 Å². The molecule has 0 aliphatic rings. The van der Waals surface area contributed by atoms with E-state index in [1.54, 1.807) is 25.4 Å². The van der Waals surface area contributed by atoms with E-state index in [4.69, 9.17) is 10.5 Å². The maximum atomic E-state index is 11.8. The van der Waals surface area contributed by atoms with Crippen LogP contribution in [0.1, 0.15) is 22.2 Å². The molecule has 7 heteroatoms. The SMILES string of the molecule is CCNC(=O)c1sc(NCc2ccc(OC)nc2)cc1N. The van der Waals surface area contributed by atoms with Crippen LogP contribution in [0.15, 0.2) is 24.4 Å². The maximum Gasteiger partial charge on any atom is 0.263 e. The van der Waals surface area contributed by atoms with Gasteiger partial charge in [-0.15, -0.1) is 11.3 Å². The van der Waals surface area contributed by atoms with Gasteiger partial charge in [0.25, 0.3) is 5.91 Å². The number of anilines is 2. The summed E-state index contributed by atoms with van der Waals surface area (Å²) in [5.41, 5.74) is 7.36. The first-order valence-electron chi connectivity index (χ1n) is 6.54. The van der Waals surface area contributed by atoms with Gasteiger partial charge in [0.15, 0.2) is 0 Å². The Labute approximate surface area is 127 Å². The number of nitrogens with two attached hydrogens (primary N) is 1. The summed E-state index contributed by atoms with van der Waals surface area (Å²) in [6.45, 7) is 3.06. The van der Waals surface area contributed by atoms with Gasteiger partial charge >= 0.3 is 0 Å². The van der Waals surface area contributed by atoms with Gasteiger partial charge in [-0.3, -0.25) is 4.79 Å². The molecule has 6 nitrogen and oxygen atoms in total. The van der Waals surface area contributed by atoms with E-state index in [1.807, 2.05) is 13.0 Å². The fraction of sp³-hybridized carbons (Fsp3) is 0.286. The third kappa shape index (κ3) is 3.85. The summed E-state index contributed by atoms with van der Waals surface area (Å²) in [7, 11) is 1.58. The molecule has 0 unspecified atom stereocenters. The van der Waals surface area contributed by atoms with Crippen molar-refractivity contribution in [2.24, 2.45) is 0 Å². The predicted octanol–water partition coefficient (Wildman–Crippen LogP) is 2.10. The Hall–Kier alpha value is -2.28. The number of thiophene rings is 1. The summed E-state index contributed by atoms with van der Waals surface area (Å²) in [6, 6.07) is 5.51. The quantitative estimate of drug-likeness (QED) is 0.760. The second-order valence-electron chi connectivity index (χ2n) is 4.32. The van der Waals surface area contributed by atoms with E-state index < -0.39 is 0 Å². The van der Waals surface area contributed by atoms with Gasteiger partial charge in [-0.25, -0.2) is 4.98 Å². The minimum Gasteiger partial charge on any atom is -0.481 e. The van der Waals surface area contributed by atoms with Crippen LogP contribution < -0.4 is 21.1 Å². The van der Waals surface area contributed by atoms with Gasteiger partial charge in [-0.05, 0) is 18.6 Å². The number of carbonyl (C=O) groups excluding carboxylic acids is 1. The predicted molar refractivity (Wildman–Crippen MR) is 84.9 cm³/mol. The Bertz CT molecular complexity index is 610. The average Bonchev–Trinajstić information content (AvgIpc) is 2.87. The number of rotatable bonds is 6. The highest BCUT2D eigenvalue weighted by Gasteiger charge is 2.13. The van der Waals surface area contributed by atoms with Crippen LogP contribution in [0.25, 0.3) is 0 Å². The molecule has 21 heavy (non-hydrogen) atoms. The molecule has 0 radical (unpaired) electrons. The summed E-state index contributed by atoms with van der Waals surface area (Å²) in [5.74, 6) is 0.441. The Morgan fingerprint density at radius 2 is 2.29 bits per heavy atom. The molecule has 1 amide bonds. The maximum absolute atomic E-state index is 11.8. The van der Waals surface area contributed by atoms with Crippen LogP contribution in [0.5, 0.6) is 5.88 Å². The molecule has 2 aromatic heterocycles. The number of nitrogens with one attached hydrogen (secondary N) is 2. The van der Waals surface area contributed by atoms with Gasteiger partial charge in [0.05, 0.1) is 17.8 Å². The Morgan fingerprint density at radius 1 is 1.48 bits per heavy atom. The molecule has 0 aliphatic carbocycles. The van der Waals surface area contributed by atoms with Crippen LogP contribution >= 0.6 is 11.3 Å². The second kappa shape index (κ2) is 6.94. The zero-order chi connectivity index (χ0) is 15.2. The highest BCUT2D eigenvalue weighted by Crippen LogP contribution is 2.29. The topological polar surface area (TPSA) is 89.3 Å². The van der Waals surface area contributed by atoms with E-state index in [0.717, 1.165) is 10.6 Å². The largest absolute Gasteiger partial charge is 0.481 e. The van der Waals surface area contributed by atoms with Crippen molar-refractivity contribution in [1.82, 2.24) is 10.3 Å². The smallest absolute Gasteiger partial charge is 0.263 e. The summed E-state index contributed by atoms with van der Waals surface area (Å²) in [5, 5.41) is 6.83. The number of carbonyl (C=O) groups is 1. The van der Waals surface area contributed by atoms with Gasteiger partial charge in [-0.2, -0.15) is 0 Å². The van der Waals surface area contributed by atoms with Crippen molar-refractivity contribution in [3.63, 3.8) is 0 Å². The van der Waals surface area contributed by atoms with E-state index in [2.05, 4.69) is 15.6 Å². The molecule has 0 atom stereocenters. The van der Waals surface area contributed by atoms with Crippen LogP contribution in [0.3, 0.4) is 0 Å². The van der Waals surface area contributed by atoms with E-state index in [9.17, 15) is 4.79 Å². The molecule has 0 aliphatic heterocycles. The third-order valence-corrected chi connectivity index (χ3v) is 3.89. The van der Waals surface area contributed by atoms with Crippen molar-refractivity contribution in [2.45, 2.75) is 13.5 Å². The number of hydrogen-bond donors (Lipinski definition) is 3. The first-order chi connectivity index (χ1) is 10.1. The fourth-order valence-electron chi connectivity index (χ4n) is 1.74. The standard InChI is InChI=1S/C14H18N4O2S/c1-3-16-14(19)13-10(15)6-12(21-13)18-8-9-4-5-11(20-2)17-7-9/h4-7,18H,3,8,15H2,1-2H3,(H,16,19). The van der Waals surface area contributed by atoms with Crippen molar-refractivity contribution in [1.29, 1.82) is 0 Å². The summed E-state index contributed by atoms with van der Waals surface area (Å²) >= 11 is 1.34. The summed E-state index contributed by atoms with van der Waals surface area (Å²) < 4.78 is 5.01. The normalized spacial score (nSPS) is 10.2. The molecular weight excluding hydrogens is 288 g/mol. The molecule has 2 aromatic rings. The molecule has 4 N–H and O–H groups in total. The minimum absolute atomic E-state index is 0.140. The van der Waals surface area contributed by atoms with E-state index >= 15 is 0 Å². The van der Waals surface area contributed by atoms with Crippen LogP contribution in [-0.2, 0) is 6.54 Å². The fourth-order valence-corrected chi connectivity index (χ4v) is 2.63. The molecular formula is C14H18N4O2S. The van der Waals surface area contributed by atoms with Crippen LogP contribution in [0.2, 0.25) is 0 Å². The monoisotopic (exact) mass is 306 g/mol. The van der Waals surface area contributed by atoms with E-state index in [-0.39, 0.29) is 5.91 Å². The van der Waals surface area contributed by atoms with Crippen molar-refractivity contribution in [2.75, 3.05) is 24.7 Å². The molecule has 2 heterocycles. The Kier molecular flexibility index (Phi) is 4.99. The van der Waals surface area contributed by atoms with Crippen molar-refractivity contribution >= 4 is 27.9 Å². The first kappa shape index (κ1) is 15.1. The van der Waals surface area contributed by atoms with E-state index in [1.165, 1.54) is 11.3 Å². The lowest BCUT2D eigenvalue weighted by Gasteiger charge is -2.04. The lowest BCUT2D eigenvalue weighted by molar-refractivity contribution is 0.0960. The summed E-state index contributed by atoms with van der Waals surface area (Å²) in [6.07, 6.45) is 1.74. The van der Waals surface area contributed by atoms with Crippen LogP contribution in [-0.4, -0.2) is 24.5 Å². The van der Waals surface area contributed by atoms with E-state index in [0.29, 0.717) is 29.5 Å². The number of amides is 1. The Morgan fingerprint density at radius 3 is 2.90 bits per heavy atom. The lowest BCUT2D eigenvalue weighted by Crippen LogP contribution is -2.22. The number of nitrogen functional groups attached to an aromatic ring is 1. The molecule has 112 valence electrons. The number of aromatic nitrogens is 1. The van der Waals surface area contributed by atoms with Gasteiger partial charge in [0, 0.05) is 25.4 Å². The van der Waals surface area contributed by atoms with Gasteiger partial charge in [-0.1, -0.05) is 6.07 Å². The molecule has 0 spiro atoms. The van der Waals surface area contributed by atoms with Gasteiger partial charge in [0.2, 0.25) is 5.88 Å². The minimum atomic E-state index is -0.140. The number of nitrogens with zero attached hydrogens (tertiary/aromatic N) is 1. The number of ether oxygens (including phenoxy) is 1. The van der Waals surface area contributed by atoms with Gasteiger partial charge in [0.1, 0.15) is 4.88 Å². The molecule has 2 rings (SSSR count).